The third-order valence-electron chi connectivity index (χ3n) is 5.45. The molecule has 0 aliphatic carbocycles. The van der Waals surface area contributed by atoms with E-state index in [0.717, 1.165) is 40.8 Å². The lowest BCUT2D eigenvalue weighted by atomic mass is 10.0. The van der Waals surface area contributed by atoms with Gasteiger partial charge >= 0.3 is 0 Å². The second-order valence-corrected chi connectivity index (χ2v) is 7.78. The molecule has 0 bridgehead atoms. The third kappa shape index (κ3) is 4.17. The largest absolute Gasteiger partial charge is 0.297 e. The van der Waals surface area contributed by atoms with Crippen molar-refractivity contribution in [1.82, 2.24) is 9.89 Å². The van der Waals surface area contributed by atoms with Crippen molar-refractivity contribution < 1.29 is 4.79 Å². The van der Waals surface area contributed by atoms with Crippen molar-refractivity contribution in [2.75, 3.05) is 18.1 Å². The van der Waals surface area contributed by atoms with Gasteiger partial charge in [-0.15, -0.1) is 5.11 Å². The zero-order chi connectivity index (χ0) is 22.7. The number of benzene rings is 3. The minimum absolute atomic E-state index is 0.115. The maximum Gasteiger partial charge on any atom is 0.216 e. The van der Waals surface area contributed by atoms with Crippen molar-refractivity contribution in [1.29, 1.82) is 0 Å². The van der Waals surface area contributed by atoms with Gasteiger partial charge in [-0.2, -0.15) is 15.0 Å². The molecule has 6 heteroatoms. The van der Waals surface area contributed by atoms with Crippen LogP contribution in [0.5, 0.6) is 0 Å². The molecule has 0 N–H and O–H groups in total. The number of azo groups is 1. The van der Waals surface area contributed by atoms with Gasteiger partial charge in [0.15, 0.2) is 0 Å². The minimum atomic E-state index is -0.115. The highest BCUT2D eigenvalue weighted by Crippen LogP contribution is 2.29. The summed E-state index contributed by atoms with van der Waals surface area (Å²) in [5.41, 5.74) is 5.21. The number of rotatable bonds is 7. The fraction of sp³-hybridized carbons (Fsp3) is 0.231. The first-order valence-corrected chi connectivity index (χ1v) is 10.9. The number of hydrogen-bond acceptors (Lipinski definition) is 5. The second-order valence-electron chi connectivity index (χ2n) is 7.78. The fourth-order valence-electron chi connectivity index (χ4n) is 3.75. The highest BCUT2D eigenvalue weighted by atomic mass is 16.1. The van der Waals surface area contributed by atoms with E-state index in [1.807, 2.05) is 85.6 Å². The van der Waals surface area contributed by atoms with E-state index in [-0.39, 0.29) is 5.78 Å². The number of ketones is 1. The fourth-order valence-corrected chi connectivity index (χ4v) is 3.75. The molecule has 0 saturated carbocycles. The van der Waals surface area contributed by atoms with Crippen molar-refractivity contribution in [3.8, 4) is 0 Å². The first-order chi connectivity index (χ1) is 15.5. The average Bonchev–Trinajstić information content (AvgIpc) is 3.17. The van der Waals surface area contributed by atoms with Crippen LogP contribution in [0.2, 0.25) is 0 Å². The van der Waals surface area contributed by atoms with Crippen LogP contribution in [0.25, 0.3) is 10.9 Å². The molecule has 3 aromatic carbocycles. The third-order valence-corrected chi connectivity index (χ3v) is 5.45. The summed E-state index contributed by atoms with van der Waals surface area (Å²) >= 11 is 0. The highest BCUT2D eigenvalue weighted by molar-refractivity contribution is 6.17. The molecule has 0 amide bonds. The number of aryl methyl sites for hydroxylation is 2. The molecule has 6 nitrogen and oxygen atoms in total. The van der Waals surface area contributed by atoms with E-state index in [0.29, 0.717) is 16.9 Å². The maximum absolute atomic E-state index is 14.0. The van der Waals surface area contributed by atoms with E-state index in [1.54, 1.807) is 4.79 Å². The quantitative estimate of drug-likeness (QED) is 0.259. The zero-order valence-electron chi connectivity index (χ0n) is 18.9. The van der Waals surface area contributed by atoms with Crippen molar-refractivity contribution in [2.45, 2.75) is 27.7 Å². The van der Waals surface area contributed by atoms with Crippen LogP contribution >= 0.6 is 0 Å². The van der Waals surface area contributed by atoms with Crippen LogP contribution in [-0.4, -0.2) is 28.8 Å². The molecule has 0 radical (unpaired) electrons. The van der Waals surface area contributed by atoms with Gasteiger partial charge in [0, 0.05) is 18.5 Å². The van der Waals surface area contributed by atoms with Crippen LogP contribution in [-0.2, 0) is 0 Å². The van der Waals surface area contributed by atoms with Crippen LogP contribution in [0.4, 0.5) is 11.4 Å². The Morgan fingerprint density at radius 3 is 2.31 bits per heavy atom. The molecule has 0 unspecified atom stereocenters. The van der Waals surface area contributed by atoms with E-state index < -0.39 is 0 Å². The van der Waals surface area contributed by atoms with E-state index in [1.165, 1.54) is 0 Å². The molecule has 32 heavy (non-hydrogen) atoms. The Bertz CT molecular complexity index is 1290. The normalized spacial score (nSPS) is 11.4. The van der Waals surface area contributed by atoms with E-state index in [4.69, 9.17) is 5.10 Å². The lowest BCUT2D eigenvalue weighted by Gasteiger charge is -2.23. The first kappa shape index (κ1) is 21.4. The predicted molar refractivity (Wildman–Crippen MR) is 129 cm³/mol. The highest BCUT2D eigenvalue weighted by Gasteiger charge is 2.25. The molecule has 162 valence electrons. The monoisotopic (exact) mass is 425 g/mol. The Morgan fingerprint density at radius 1 is 0.906 bits per heavy atom. The summed E-state index contributed by atoms with van der Waals surface area (Å²) in [4.78, 5) is 15.7. The van der Waals surface area contributed by atoms with E-state index in [2.05, 4.69) is 24.1 Å². The summed E-state index contributed by atoms with van der Waals surface area (Å²) in [5.74, 6) is -0.115. The van der Waals surface area contributed by atoms with Gasteiger partial charge in [0.2, 0.25) is 5.78 Å². The summed E-state index contributed by atoms with van der Waals surface area (Å²) in [7, 11) is 0. The maximum atomic E-state index is 14.0. The van der Waals surface area contributed by atoms with Gasteiger partial charge in [0.05, 0.1) is 22.5 Å². The van der Waals surface area contributed by atoms with E-state index >= 15 is 0 Å². The SMILES string of the molecule is CCN(CC)n1nc2ccc(C)cc2c1C(=O)c1cc(C)ccc1N=Nc1ccccc1. The molecule has 0 aliphatic heterocycles. The summed E-state index contributed by atoms with van der Waals surface area (Å²) in [6.45, 7) is 9.58. The summed E-state index contributed by atoms with van der Waals surface area (Å²) < 4.78 is 0. The number of hydrogen-bond donors (Lipinski definition) is 0. The molecule has 0 spiro atoms. The zero-order valence-corrected chi connectivity index (χ0v) is 18.9. The Labute approximate surface area is 188 Å². The predicted octanol–water partition coefficient (Wildman–Crippen LogP) is 6.28. The first-order valence-electron chi connectivity index (χ1n) is 10.9. The van der Waals surface area contributed by atoms with Gasteiger partial charge in [-0.3, -0.25) is 9.80 Å². The van der Waals surface area contributed by atoms with Gasteiger partial charge in [0.1, 0.15) is 5.69 Å². The molecular formula is C26H27N5O. The lowest BCUT2D eigenvalue weighted by Crippen LogP contribution is -2.37. The van der Waals surface area contributed by atoms with Crippen molar-refractivity contribution in [3.63, 3.8) is 0 Å². The second kappa shape index (κ2) is 9.14. The molecule has 4 rings (SSSR count). The Kier molecular flexibility index (Phi) is 6.12. The molecule has 0 aliphatic rings. The number of carbonyl (C=O) groups is 1. The lowest BCUT2D eigenvalue weighted by molar-refractivity contribution is 0.103. The van der Waals surface area contributed by atoms with Gasteiger partial charge in [-0.25, -0.2) is 0 Å². The molecule has 1 aromatic heterocycles. The number of fused-ring (bicyclic) bond motifs is 1. The standard InChI is InChI=1S/C26H27N5O/c1-5-30(6-2)31-25(21-16-18(3)13-15-24(21)29-31)26(32)22-17-19(4)12-14-23(22)28-27-20-10-8-7-9-11-20/h7-17H,5-6H2,1-4H3. The summed E-state index contributed by atoms with van der Waals surface area (Å²) in [6, 6.07) is 21.2. The van der Waals surface area contributed by atoms with Crippen LogP contribution < -0.4 is 5.01 Å². The summed E-state index contributed by atoms with van der Waals surface area (Å²) in [6.07, 6.45) is 0. The van der Waals surface area contributed by atoms with Crippen molar-refractivity contribution in [3.05, 3.63) is 89.1 Å². The van der Waals surface area contributed by atoms with Crippen LogP contribution in [0, 0.1) is 13.8 Å². The molecule has 1 heterocycles. The minimum Gasteiger partial charge on any atom is -0.297 e. The smallest absolute Gasteiger partial charge is 0.216 e. The van der Waals surface area contributed by atoms with E-state index in [9.17, 15) is 4.79 Å². The molecular weight excluding hydrogens is 398 g/mol. The van der Waals surface area contributed by atoms with Crippen molar-refractivity contribution in [2.24, 2.45) is 10.2 Å². The topological polar surface area (TPSA) is 62.9 Å². The molecule has 4 aromatic rings. The Balaban J connectivity index is 1.88. The Morgan fingerprint density at radius 2 is 1.59 bits per heavy atom. The Hall–Kier alpha value is -3.80. The molecule has 0 saturated heterocycles. The van der Waals surface area contributed by atoms with Crippen LogP contribution in [0.3, 0.4) is 0 Å². The molecule has 0 atom stereocenters. The van der Waals surface area contributed by atoms with Crippen LogP contribution in [0.15, 0.2) is 77.0 Å². The molecule has 0 fully saturated rings. The number of carbonyl (C=O) groups excluding carboxylic acids is 1. The average molecular weight is 426 g/mol. The van der Waals surface area contributed by atoms with Crippen LogP contribution in [0.1, 0.15) is 41.0 Å². The van der Waals surface area contributed by atoms with Crippen molar-refractivity contribution >= 4 is 28.1 Å². The van der Waals surface area contributed by atoms with Gasteiger partial charge in [-0.1, -0.05) is 41.5 Å². The number of aromatic nitrogens is 2. The summed E-state index contributed by atoms with van der Waals surface area (Å²) in [5, 5.41) is 16.4. The van der Waals surface area contributed by atoms with Gasteiger partial charge < -0.3 is 0 Å². The van der Waals surface area contributed by atoms with Gasteiger partial charge in [-0.05, 0) is 64.1 Å². The number of nitrogens with zero attached hydrogens (tertiary/aromatic N) is 5. The van der Waals surface area contributed by atoms with Gasteiger partial charge in [0.25, 0.3) is 0 Å².